The van der Waals surface area contributed by atoms with Gasteiger partial charge in [0.05, 0.1) is 22.5 Å². The summed E-state index contributed by atoms with van der Waals surface area (Å²) in [4.78, 5) is 19.7. The van der Waals surface area contributed by atoms with Gasteiger partial charge in [-0.05, 0) is 92.0 Å². The molecule has 9 heteroatoms. The molecule has 7 nitrogen and oxygen atoms in total. The van der Waals surface area contributed by atoms with Crippen molar-refractivity contribution in [2.45, 2.75) is 57.3 Å². The van der Waals surface area contributed by atoms with Crippen LogP contribution < -0.4 is 14.5 Å². The minimum Gasteiger partial charge on any atom is -0.370 e. The third-order valence-electron chi connectivity index (χ3n) is 7.89. The first-order valence-corrected chi connectivity index (χ1v) is 15.7. The highest BCUT2D eigenvalue weighted by Gasteiger charge is 2.27. The van der Waals surface area contributed by atoms with Crippen molar-refractivity contribution in [2.75, 3.05) is 35.9 Å². The maximum Gasteiger partial charge on any atom is 0.264 e. The van der Waals surface area contributed by atoms with Crippen LogP contribution in [-0.2, 0) is 14.8 Å². The second-order valence-corrected chi connectivity index (χ2v) is 13.1. The van der Waals surface area contributed by atoms with Gasteiger partial charge in [0.25, 0.3) is 10.0 Å². The van der Waals surface area contributed by atoms with Crippen LogP contribution in [0.15, 0.2) is 65.8 Å². The van der Waals surface area contributed by atoms with Gasteiger partial charge in [0, 0.05) is 44.3 Å². The van der Waals surface area contributed by atoms with Crippen LogP contribution in [0.5, 0.6) is 0 Å². The molecule has 0 spiro atoms. The Kier molecular flexibility index (Phi) is 9.74. The molecule has 1 aromatic heterocycles. The van der Waals surface area contributed by atoms with E-state index in [1.54, 1.807) is 45.3 Å². The zero-order chi connectivity index (χ0) is 28.9. The van der Waals surface area contributed by atoms with Gasteiger partial charge in [-0.1, -0.05) is 36.7 Å². The Labute approximate surface area is 243 Å². The molecule has 0 saturated carbocycles. The Morgan fingerprint density at radius 2 is 1.85 bits per heavy atom. The number of anilines is 2. The predicted octanol–water partition coefficient (Wildman–Crippen LogP) is 6.09. The number of para-hydroxylation sites is 1. The van der Waals surface area contributed by atoms with Crippen molar-refractivity contribution in [2.24, 2.45) is 5.92 Å². The summed E-state index contributed by atoms with van der Waals surface area (Å²) in [5.74, 6) is 0.402. The summed E-state index contributed by atoms with van der Waals surface area (Å²) in [7, 11) is -2.27. The number of aryl methyl sites for hydroxylation is 2. The smallest absolute Gasteiger partial charge is 0.264 e. The Bertz CT molecular complexity index is 1420. The number of sulfonamides is 1. The van der Waals surface area contributed by atoms with E-state index in [0.29, 0.717) is 34.3 Å². The van der Waals surface area contributed by atoms with Crippen molar-refractivity contribution < 1.29 is 13.2 Å². The SMILES string of the molecule is Cc1cc(S(=O)(=O)N(C)c2ccccc2C(C)CC(=O)NCCC2CCN(c3cccnc3)CC2)c(C)cc1Cl. The Morgan fingerprint density at radius 3 is 2.55 bits per heavy atom. The fourth-order valence-electron chi connectivity index (χ4n) is 5.40. The lowest BCUT2D eigenvalue weighted by atomic mass is 9.93. The number of carbonyl (C=O) groups excluding carboxylic acids is 1. The molecule has 1 unspecified atom stereocenters. The van der Waals surface area contributed by atoms with E-state index in [1.165, 1.54) is 9.99 Å². The molecule has 40 heavy (non-hydrogen) atoms. The van der Waals surface area contributed by atoms with E-state index in [2.05, 4.69) is 21.3 Å². The molecule has 0 bridgehead atoms. The first-order valence-electron chi connectivity index (χ1n) is 13.8. The van der Waals surface area contributed by atoms with Gasteiger partial charge in [0.15, 0.2) is 0 Å². The zero-order valence-corrected chi connectivity index (χ0v) is 25.3. The monoisotopic (exact) mass is 582 g/mol. The van der Waals surface area contributed by atoms with E-state index in [1.807, 2.05) is 37.4 Å². The standard InChI is InChI=1S/C31H39ClN4O3S/c1-22(20-31(37)34-15-11-25-12-16-36(17-13-25)26-8-7-14-33-21-26)27-9-5-6-10-29(27)35(4)40(38,39)30-19-23(2)28(32)18-24(30)3/h5-10,14,18-19,21-22,25H,11-13,15-17,20H2,1-4H3,(H,34,37). The Morgan fingerprint density at radius 1 is 1.12 bits per heavy atom. The molecule has 1 aliphatic heterocycles. The summed E-state index contributed by atoms with van der Waals surface area (Å²) in [6.45, 7) is 8.15. The highest BCUT2D eigenvalue weighted by Crippen LogP contribution is 2.34. The van der Waals surface area contributed by atoms with Crippen molar-refractivity contribution in [3.05, 3.63) is 82.6 Å². The molecule has 4 rings (SSSR count). The second kappa shape index (κ2) is 13.0. The van der Waals surface area contributed by atoms with Crippen molar-refractivity contribution in [3.63, 3.8) is 0 Å². The number of benzene rings is 2. The summed E-state index contributed by atoms with van der Waals surface area (Å²) in [6, 6.07) is 14.7. The minimum absolute atomic E-state index is 0.0234. The molecule has 2 aromatic carbocycles. The summed E-state index contributed by atoms with van der Waals surface area (Å²) >= 11 is 6.21. The first-order chi connectivity index (χ1) is 19.1. The summed E-state index contributed by atoms with van der Waals surface area (Å²) < 4.78 is 28.5. The fraction of sp³-hybridized carbons (Fsp3) is 0.419. The number of aromatic nitrogens is 1. The molecule has 1 aliphatic rings. The predicted molar refractivity (Wildman–Crippen MR) is 163 cm³/mol. The quantitative estimate of drug-likeness (QED) is 0.313. The van der Waals surface area contributed by atoms with E-state index in [4.69, 9.17) is 11.6 Å². The molecule has 0 aliphatic carbocycles. The number of piperidine rings is 1. The van der Waals surface area contributed by atoms with Crippen LogP contribution in [0.1, 0.15) is 55.2 Å². The topological polar surface area (TPSA) is 82.6 Å². The van der Waals surface area contributed by atoms with Crippen molar-refractivity contribution in [1.82, 2.24) is 10.3 Å². The van der Waals surface area contributed by atoms with Gasteiger partial charge >= 0.3 is 0 Å². The van der Waals surface area contributed by atoms with Gasteiger partial charge in [-0.15, -0.1) is 0 Å². The van der Waals surface area contributed by atoms with E-state index < -0.39 is 10.0 Å². The van der Waals surface area contributed by atoms with Gasteiger partial charge in [-0.2, -0.15) is 0 Å². The molecular weight excluding hydrogens is 544 g/mol. The van der Waals surface area contributed by atoms with Crippen molar-refractivity contribution in [3.8, 4) is 0 Å². The number of amides is 1. The summed E-state index contributed by atoms with van der Waals surface area (Å²) in [6.07, 6.45) is 7.14. The average molecular weight is 583 g/mol. The van der Waals surface area contributed by atoms with E-state index >= 15 is 0 Å². The number of halogens is 1. The van der Waals surface area contributed by atoms with Crippen LogP contribution >= 0.6 is 11.6 Å². The molecule has 214 valence electrons. The molecule has 1 fully saturated rings. The molecule has 3 aromatic rings. The Hall–Kier alpha value is -3.10. The lowest BCUT2D eigenvalue weighted by molar-refractivity contribution is -0.121. The molecule has 2 heterocycles. The van der Waals surface area contributed by atoms with Gasteiger partial charge in [0.2, 0.25) is 5.91 Å². The van der Waals surface area contributed by atoms with Crippen molar-refractivity contribution >= 4 is 38.9 Å². The first kappa shape index (κ1) is 29.9. The van der Waals surface area contributed by atoms with Crippen LogP contribution in [0.2, 0.25) is 5.02 Å². The van der Waals surface area contributed by atoms with Gasteiger partial charge < -0.3 is 10.2 Å². The lowest BCUT2D eigenvalue weighted by Gasteiger charge is -2.33. The number of hydrogen-bond acceptors (Lipinski definition) is 5. The van der Waals surface area contributed by atoms with Crippen LogP contribution in [0.4, 0.5) is 11.4 Å². The molecular formula is C31H39ClN4O3S. The van der Waals surface area contributed by atoms with Crippen LogP contribution in [0, 0.1) is 19.8 Å². The number of nitrogens with zero attached hydrogens (tertiary/aromatic N) is 3. The fourth-order valence-corrected chi connectivity index (χ4v) is 7.13. The highest BCUT2D eigenvalue weighted by atomic mass is 35.5. The van der Waals surface area contributed by atoms with E-state index in [9.17, 15) is 13.2 Å². The van der Waals surface area contributed by atoms with Crippen molar-refractivity contribution in [1.29, 1.82) is 0 Å². The van der Waals surface area contributed by atoms with Crippen LogP contribution in [0.25, 0.3) is 0 Å². The molecule has 1 saturated heterocycles. The number of carbonyl (C=O) groups is 1. The summed E-state index contributed by atoms with van der Waals surface area (Å²) in [5, 5.41) is 3.63. The number of pyridine rings is 1. The highest BCUT2D eigenvalue weighted by molar-refractivity contribution is 7.92. The third kappa shape index (κ3) is 6.96. The third-order valence-corrected chi connectivity index (χ3v) is 10.2. The summed E-state index contributed by atoms with van der Waals surface area (Å²) in [5.41, 5.74) is 3.84. The van der Waals surface area contributed by atoms with E-state index in [0.717, 1.165) is 37.9 Å². The average Bonchev–Trinajstić information content (AvgIpc) is 2.95. The second-order valence-electron chi connectivity index (χ2n) is 10.8. The van der Waals surface area contributed by atoms with Crippen LogP contribution in [-0.4, -0.2) is 46.0 Å². The number of rotatable bonds is 10. The molecule has 1 atom stereocenters. The normalized spacial score (nSPS) is 15.1. The molecule has 1 N–H and O–H groups in total. The molecule has 0 radical (unpaired) electrons. The van der Waals surface area contributed by atoms with Gasteiger partial charge in [-0.3, -0.25) is 14.1 Å². The Balaban J connectivity index is 1.33. The maximum absolute atomic E-state index is 13.6. The zero-order valence-electron chi connectivity index (χ0n) is 23.7. The minimum atomic E-state index is -3.83. The van der Waals surface area contributed by atoms with Gasteiger partial charge in [0.1, 0.15) is 0 Å². The lowest BCUT2D eigenvalue weighted by Crippen LogP contribution is -2.35. The maximum atomic E-state index is 13.6. The number of nitrogens with one attached hydrogen (secondary N) is 1. The number of hydrogen-bond donors (Lipinski definition) is 1. The van der Waals surface area contributed by atoms with Gasteiger partial charge in [-0.25, -0.2) is 8.42 Å². The van der Waals surface area contributed by atoms with E-state index in [-0.39, 0.29) is 23.1 Å². The largest absolute Gasteiger partial charge is 0.370 e. The molecule has 1 amide bonds. The van der Waals surface area contributed by atoms with Crippen LogP contribution in [0.3, 0.4) is 0 Å².